The van der Waals surface area contributed by atoms with Crippen LogP contribution in [0.1, 0.15) is 42.0 Å². The average Bonchev–Trinajstić information content (AvgIpc) is 2.48. The van der Waals surface area contributed by atoms with Crippen LogP contribution >= 0.6 is 23.7 Å². The van der Waals surface area contributed by atoms with Gasteiger partial charge in [-0.3, -0.25) is 0 Å². The van der Waals surface area contributed by atoms with Gasteiger partial charge in [0.05, 0.1) is 0 Å². The van der Waals surface area contributed by atoms with Crippen molar-refractivity contribution >= 4 is 23.7 Å². The Morgan fingerprint density at radius 3 is 2.64 bits per heavy atom. The molecule has 2 rings (SSSR count). The fraction of sp³-hybridized carbons (Fsp3) is 0.636. The van der Waals surface area contributed by atoms with Crippen molar-refractivity contribution in [3.8, 4) is 0 Å². The Balaban J connectivity index is 0.000000980. The summed E-state index contributed by atoms with van der Waals surface area (Å²) in [6.07, 6.45) is 5.19. The van der Waals surface area contributed by atoms with Crippen LogP contribution in [0.15, 0.2) is 12.1 Å². The molecule has 0 unspecified atom stereocenters. The second-order valence-electron chi connectivity index (χ2n) is 3.87. The van der Waals surface area contributed by atoms with E-state index in [-0.39, 0.29) is 12.4 Å². The van der Waals surface area contributed by atoms with E-state index in [1.54, 1.807) is 0 Å². The summed E-state index contributed by atoms with van der Waals surface area (Å²) in [5.74, 6) is 0.767. The Labute approximate surface area is 96.1 Å². The van der Waals surface area contributed by atoms with Crippen LogP contribution in [0.5, 0.6) is 0 Å². The van der Waals surface area contributed by atoms with Crippen LogP contribution in [0.2, 0.25) is 0 Å². The van der Waals surface area contributed by atoms with Crippen molar-refractivity contribution < 1.29 is 0 Å². The summed E-state index contributed by atoms with van der Waals surface area (Å²) in [6.45, 7) is 2.20. The highest BCUT2D eigenvalue weighted by Gasteiger charge is 2.26. The second kappa shape index (κ2) is 5.15. The molecule has 1 saturated carbocycles. The lowest BCUT2D eigenvalue weighted by atomic mass is 9.79. The van der Waals surface area contributed by atoms with Gasteiger partial charge in [0.15, 0.2) is 0 Å². The zero-order valence-electron chi connectivity index (χ0n) is 8.53. The standard InChI is InChI=1S/C11H17NS.ClH/c1-2-9-6-7-10(13-9)11(12)8-4-3-5-8;/h6-8,11H,2-5,12H2,1H3;1H/t11-;/m1./s1. The summed E-state index contributed by atoms with van der Waals surface area (Å²) < 4.78 is 0. The van der Waals surface area contributed by atoms with Gasteiger partial charge in [0.2, 0.25) is 0 Å². The molecule has 1 aromatic heterocycles. The highest BCUT2D eigenvalue weighted by Crippen LogP contribution is 2.38. The van der Waals surface area contributed by atoms with Crippen LogP contribution < -0.4 is 5.73 Å². The van der Waals surface area contributed by atoms with Crippen molar-refractivity contribution in [1.29, 1.82) is 0 Å². The molecular weight excluding hydrogens is 214 g/mol. The summed E-state index contributed by atoms with van der Waals surface area (Å²) in [7, 11) is 0. The van der Waals surface area contributed by atoms with E-state index in [0.717, 1.165) is 12.3 Å². The van der Waals surface area contributed by atoms with Crippen molar-refractivity contribution in [3.63, 3.8) is 0 Å². The maximum atomic E-state index is 6.18. The third kappa shape index (κ3) is 2.30. The number of nitrogens with two attached hydrogens (primary N) is 1. The Hall–Kier alpha value is -0.0500. The molecule has 1 aliphatic rings. The Morgan fingerprint density at radius 2 is 2.21 bits per heavy atom. The molecule has 80 valence electrons. The minimum atomic E-state index is 0. The molecule has 3 heteroatoms. The van der Waals surface area contributed by atoms with Gasteiger partial charge in [0.25, 0.3) is 0 Å². The average molecular weight is 232 g/mol. The SMILES string of the molecule is CCc1ccc([C@H](N)C2CCC2)s1.Cl. The molecule has 1 fully saturated rings. The van der Waals surface area contributed by atoms with E-state index in [9.17, 15) is 0 Å². The van der Waals surface area contributed by atoms with E-state index in [1.165, 1.54) is 29.0 Å². The molecule has 0 aliphatic heterocycles. The molecule has 0 bridgehead atoms. The first-order valence-electron chi connectivity index (χ1n) is 5.15. The predicted molar refractivity (Wildman–Crippen MR) is 65.2 cm³/mol. The van der Waals surface area contributed by atoms with Crippen molar-refractivity contribution in [1.82, 2.24) is 0 Å². The monoisotopic (exact) mass is 231 g/mol. The van der Waals surface area contributed by atoms with Crippen LogP contribution in [0.4, 0.5) is 0 Å². The van der Waals surface area contributed by atoms with Gasteiger partial charge in [-0.25, -0.2) is 0 Å². The summed E-state index contributed by atoms with van der Waals surface area (Å²) in [5, 5.41) is 0. The minimum absolute atomic E-state index is 0. The lowest BCUT2D eigenvalue weighted by Crippen LogP contribution is -2.25. The van der Waals surface area contributed by atoms with Crippen molar-refractivity contribution in [2.75, 3.05) is 0 Å². The third-order valence-electron chi connectivity index (χ3n) is 3.02. The normalized spacial score (nSPS) is 18.4. The highest BCUT2D eigenvalue weighted by molar-refractivity contribution is 7.12. The largest absolute Gasteiger partial charge is 0.323 e. The van der Waals surface area contributed by atoms with Gasteiger partial charge >= 0.3 is 0 Å². The van der Waals surface area contributed by atoms with Crippen molar-refractivity contribution in [2.24, 2.45) is 11.7 Å². The number of rotatable bonds is 3. The maximum absolute atomic E-state index is 6.18. The molecule has 1 atom stereocenters. The number of thiophene rings is 1. The molecule has 14 heavy (non-hydrogen) atoms. The van der Waals surface area contributed by atoms with Gasteiger partial charge in [-0.15, -0.1) is 23.7 Å². The molecular formula is C11H18ClNS. The lowest BCUT2D eigenvalue weighted by Gasteiger charge is -2.30. The smallest absolute Gasteiger partial charge is 0.0418 e. The topological polar surface area (TPSA) is 26.0 Å². The number of aryl methyl sites for hydroxylation is 1. The zero-order chi connectivity index (χ0) is 9.26. The molecule has 0 radical (unpaired) electrons. The molecule has 1 nitrogen and oxygen atoms in total. The third-order valence-corrected chi connectivity index (χ3v) is 4.35. The Morgan fingerprint density at radius 1 is 1.50 bits per heavy atom. The number of hydrogen-bond donors (Lipinski definition) is 1. The summed E-state index contributed by atoms with van der Waals surface area (Å²) >= 11 is 1.89. The first kappa shape index (κ1) is 12.0. The molecule has 0 saturated heterocycles. The van der Waals surface area contributed by atoms with E-state index in [0.29, 0.717) is 6.04 Å². The molecule has 0 amide bonds. The van der Waals surface area contributed by atoms with Crippen LogP contribution in [-0.2, 0) is 6.42 Å². The summed E-state index contributed by atoms with van der Waals surface area (Å²) in [4.78, 5) is 2.85. The van der Waals surface area contributed by atoms with E-state index >= 15 is 0 Å². The van der Waals surface area contributed by atoms with Crippen LogP contribution in [-0.4, -0.2) is 0 Å². The van der Waals surface area contributed by atoms with Gasteiger partial charge < -0.3 is 5.73 Å². The Bertz CT molecular complexity index is 281. The fourth-order valence-corrected chi connectivity index (χ4v) is 2.84. The molecule has 2 N–H and O–H groups in total. The maximum Gasteiger partial charge on any atom is 0.0418 e. The van der Waals surface area contributed by atoms with Crippen LogP contribution in [0.25, 0.3) is 0 Å². The van der Waals surface area contributed by atoms with E-state index in [1.807, 2.05) is 11.3 Å². The lowest BCUT2D eigenvalue weighted by molar-refractivity contribution is 0.267. The van der Waals surface area contributed by atoms with E-state index < -0.39 is 0 Å². The van der Waals surface area contributed by atoms with E-state index in [4.69, 9.17) is 5.73 Å². The van der Waals surface area contributed by atoms with Crippen molar-refractivity contribution in [3.05, 3.63) is 21.9 Å². The molecule has 0 spiro atoms. The minimum Gasteiger partial charge on any atom is -0.323 e. The highest BCUT2D eigenvalue weighted by atomic mass is 35.5. The molecule has 1 heterocycles. The van der Waals surface area contributed by atoms with Gasteiger partial charge in [-0.05, 0) is 37.3 Å². The van der Waals surface area contributed by atoms with Crippen LogP contribution in [0.3, 0.4) is 0 Å². The van der Waals surface area contributed by atoms with E-state index in [2.05, 4.69) is 19.1 Å². The number of hydrogen-bond acceptors (Lipinski definition) is 2. The molecule has 1 aromatic rings. The summed E-state index contributed by atoms with van der Waals surface area (Å²) in [6, 6.07) is 4.75. The van der Waals surface area contributed by atoms with Gasteiger partial charge in [0, 0.05) is 15.8 Å². The van der Waals surface area contributed by atoms with Gasteiger partial charge in [0.1, 0.15) is 0 Å². The summed E-state index contributed by atoms with van der Waals surface area (Å²) in [5.41, 5.74) is 6.18. The fourth-order valence-electron chi connectivity index (χ4n) is 1.79. The second-order valence-corrected chi connectivity index (χ2v) is 5.07. The zero-order valence-corrected chi connectivity index (χ0v) is 10.2. The van der Waals surface area contributed by atoms with Gasteiger partial charge in [-0.1, -0.05) is 13.3 Å². The first-order chi connectivity index (χ1) is 6.31. The van der Waals surface area contributed by atoms with Crippen molar-refractivity contribution in [2.45, 2.75) is 38.6 Å². The Kier molecular flexibility index (Phi) is 4.42. The molecule has 1 aliphatic carbocycles. The van der Waals surface area contributed by atoms with Gasteiger partial charge in [-0.2, -0.15) is 0 Å². The quantitative estimate of drug-likeness (QED) is 0.846. The first-order valence-corrected chi connectivity index (χ1v) is 5.97. The molecule has 0 aromatic carbocycles. The number of halogens is 1. The van der Waals surface area contributed by atoms with Crippen LogP contribution in [0, 0.1) is 5.92 Å². The predicted octanol–water partition coefficient (Wildman–Crippen LogP) is 3.53.